The van der Waals surface area contributed by atoms with Gasteiger partial charge in [-0.2, -0.15) is 11.8 Å². The molecule has 0 aromatic heterocycles. The van der Waals surface area contributed by atoms with Gasteiger partial charge in [-0.3, -0.25) is 0 Å². The minimum atomic E-state index is 0.299. The molecule has 0 saturated carbocycles. The van der Waals surface area contributed by atoms with E-state index >= 15 is 0 Å². The maximum atomic E-state index is 8.42. The van der Waals surface area contributed by atoms with E-state index in [2.05, 4.69) is 31.0 Å². The summed E-state index contributed by atoms with van der Waals surface area (Å²) in [6.07, 6.45) is 0.615. The highest BCUT2D eigenvalue weighted by Crippen LogP contribution is 2.04. The Hall–Kier alpha value is -0.420. The minimum absolute atomic E-state index is 0.299. The van der Waals surface area contributed by atoms with Gasteiger partial charge in [0, 0.05) is 24.8 Å². The predicted molar refractivity (Wildman–Crippen MR) is 63.1 cm³/mol. The van der Waals surface area contributed by atoms with Gasteiger partial charge >= 0.3 is 0 Å². The van der Waals surface area contributed by atoms with E-state index in [1.807, 2.05) is 11.8 Å². The van der Waals surface area contributed by atoms with E-state index in [1.54, 1.807) is 0 Å². The van der Waals surface area contributed by atoms with Crippen LogP contribution in [0, 0.1) is 0 Å². The number of nitrogens with zero attached hydrogens (tertiary/aromatic N) is 2. The Balaban J connectivity index is 3.70. The second kappa shape index (κ2) is 7.94. The summed E-state index contributed by atoms with van der Waals surface area (Å²) in [6, 6.07) is 0.323. The molecule has 14 heavy (non-hydrogen) atoms. The zero-order chi connectivity index (χ0) is 11.0. The highest BCUT2D eigenvalue weighted by atomic mass is 32.2. The Morgan fingerprint density at radius 3 is 2.79 bits per heavy atom. The zero-order valence-electron chi connectivity index (χ0n) is 9.23. The smallest absolute Gasteiger partial charge is 0.140 e. The zero-order valence-corrected chi connectivity index (χ0v) is 10.0. The highest BCUT2D eigenvalue weighted by Gasteiger charge is 2.10. The average molecular weight is 219 g/mol. The Labute approximate surface area is 90.5 Å². The summed E-state index contributed by atoms with van der Waals surface area (Å²) in [6.45, 7) is 5.28. The van der Waals surface area contributed by atoms with Crippen LogP contribution in [0.1, 0.15) is 20.3 Å². The number of hydrogen-bond acceptors (Lipinski definition) is 4. The number of hydrogen-bond donors (Lipinski definition) is 2. The molecule has 84 valence electrons. The molecule has 0 aliphatic heterocycles. The lowest BCUT2D eigenvalue weighted by atomic mass is 10.2. The quantitative estimate of drug-likeness (QED) is 0.222. The molecule has 3 N–H and O–H groups in total. The topological polar surface area (TPSA) is 61.8 Å². The van der Waals surface area contributed by atoms with E-state index < -0.39 is 0 Å². The number of rotatable bonds is 7. The van der Waals surface area contributed by atoms with Crippen molar-refractivity contribution in [3.05, 3.63) is 0 Å². The Morgan fingerprint density at radius 2 is 2.29 bits per heavy atom. The molecule has 0 aromatic carbocycles. The van der Waals surface area contributed by atoms with Crippen LogP contribution in [0.2, 0.25) is 0 Å². The van der Waals surface area contributed by atoms with Gasteiger partial charge in [-0.05, 0) is 19.7 Å². The first-order valence-electron chi connectivity index (χ1n) is 4.86. The molecule has 0 saturated heterocycles. The fourth-order valence-corrected chi connectivity index (χ4v) is 1.78. The van der Waals surface area contributed by atoms with Crippen LogP contribution in [0.15, 0.2) is 5.16 Å². The molecule has 0 aliphatic rings. The van der Waals surface area contributed by atoms with E-state index in [0.29, 0.717) is 18.3 Å². The summed E-state index contributed by atoms with van der Waals surface area (Å²) < 4.78 is 0. The third-order valence-electron chi connectivity index (χ3n) is 2.18. The molecular formula is C9H21N3OS. The lowest BCUT2D eigenvalue weighted by Gasteiger charge is -2.23. The van der Waals surface area contributed by atoms with Crippen molar-refractivity contribution in [3.8, 4) is 0 Å². The predicted octanol–water partition coefficient (Wildman–Crippen LogP) is 1.20. The van der Waals surface area contributed by atoms with Crippen LogP contribution in [0.5, 0.6) is 0 Å². The van der Waals surface area contributed by atoms with Crippen LogP contribution in [0.3, 0.4) is 0 Å². The van der Waals surface area contributed by atoms with E-state index in [1.165, 1.54) is 0 Å². The second-order valence-corrected chi connectivity index (χ2v) is 4.72. The van der Waals surface area contributed by atoms with Crippen molar-refractivity contribution < 1.29 is 5.21 Å². The molecule has 5 heteroatoms. The van der Waals surface area contributed by atoms with Gasteiger partial charge in [-0.25, -0.2) is 0 Å². The third kappa shape index (κ3) is 6.10. The molecule has 0 bridgehead atoms. The molecule has 0 aromatic rings. The number of amidine groups is 1. The highest BCUT2D eigenvalue weighted by molar-refractivity contribution is 7.99. The van der Waals surface area contributed by atoms with Gasteiger partial charge in [-0.1, -0.05) is 12.1 Å². The molecular weight excluding hydrogens is 198 g/mol. The fraction of sp³-hybridized carbons (Fsp3) is 0.889. The standard InChI is InChI=1S/C9H21N3OS/c1-4-14-6-5-12(3)8(2)7-9(10)11-13/h8,13H,4-7H2,1-3H3,(H2,10,11). The van der Waals surface area contributed by atoms with Crippen molar-refractivity contribution in [2.45, 2.75) is 26.3 Å². The SMILES string of the molecule is CCSCCN(C)C(C)CC(N)=NO. The van der Waals surface area contributed by atoms with Crippen molar-refractivity contribution in [1.29, 1.82) is 0 Å². The molecule has 0 aliphatic carbocycles. The summed E-state index contributed by atoms with van der Waals surface area (Å²) >= 11 is 1.93. The van der Waals surface area contributed by atoms with Gasteiger partial charge in [0.2, 0.25) is 0 Å². The monoisotopic (exact) mass is 219 g/mol. The van der Waals surface area contributed by atoms with Crippen LogP contribution in [-0.4, -0.2) is 47.1 Å². The Kier molecular flexibility index (Phi) is 7.70. The van der Waals surface area contributed by atoms with Gasteiger partial charge in [0.25, 0.3) is 0 Å². The van der Waals surface area contributed by atoms with Crippen molar-refractivity contribution in [2.24, 2.45) is 10.9 Å². The van der Waals surface area contributed by atoms with Crippen molar-refractivity contribution in [3.63, 3.8) is 0 Å². The number of oxime groups is 1. The van der Waals surface area contributed by atoms with E-state index in [9.17, 15) is 0 Å². The molecule has 0 spiro atoms. The normalized spacial score (nSPS) is 14.7. The molecule has 0 amide bonds. The summed E-state index contributed by atoms with van der Waals surface area (Å²) in [5, 5.41) is 11.4. The summed E-state index contributed by atoms with van der Waals surface area (Å²) in [7, 11) is 2.06. The van der Waals surface area contributed by atoms with Gasteiger partial charge < -0.3 is 15.8 Å². The second-order valence-electron chi connectivity index (χ2n) is 3.32. The van der Waals surface area contributed by atoms with Crippen LogP contribution < -0.4 is 5.73 Å². The first-order valence-corrected chi connectivity index (χ1v) is 6.01. The van der Waals surface area contributed by atoms with Crippen LogP contribution in [0.4, 0.5) is 0 Å². The third-order valence-corrected chi connectivity index (χ3v) is 3.06. The maximum absolute atomic E-state index is 8.42. The number of nitrogens with two attached hydrogens (primary N) is 1. The van der Waals surface area contributed by atoms with Gasteiger partial charge in [0.15, 0.2) is 0 Å². The lowest BCUT2D eigenvalue weighted by molar-refractivity contribution is 0.273. The molecule has 0 heterocycles. The minimum Gasteiger partial charge on any atom is -0.409 e. The van der Waals surface area contributed by atoms with Gasteiger partial charge in [-0.15, -0.1) is 0 Å². The summed E-state index contributed by atoms with van der Waals surface area (Å²) in [5.41, 5.74) is 5.43. The van der Waals surface area contributed by atoms with Crippen LogP contribution in [-0.2, 0) is 0 Å². The lowest BCUT2D eigenvalue weighted by Crippen LogP contribution is -2.34. The molecule has 1 atom stereocenters. The van der Waals surface area contributed by atoms with Crippen molar-refractivity contribution in [1.82, 2.24) is 4.90 Å². The Bertz CT molecular complexity index is 175. The van der Waals surface area contributed by atoms with Crippen molar-refractivity contribution in [2.75, 3.05) is 25.1 Å². The van der Waals surface area contributed by atoms with Gasteiger partial charge in [0.05, 0.1) is 0 Å². The fourth-order valence-electron chi connectivity index (χ4n) is 1.07. The van der Waals surface area contributed by atoms with Crippen LogP contribution in [0.25, 0.3) is 0 Å². The first kappa shape index (κ1) is 13.6. The van der Waals surface area contributed by atoms with E-state index in [-0.39, 0.29) is 0 Å². The average Bonchev–Trinajstić information content (AvgIpc) is 2.17. The van der Waals surface area contributed by atoms with E-state index in [4.69, 9.17) is 10.9 Å². The maximum Gasteiger partial charge on any atom is 0.140 e. The largest absolute Gasteiger partial charge is 0.409 e. The summed E-state index contributed by atoms with van der Waals surface area (Å²) in [4.78, 5) is 2.22. The molecule has 0 fully saturated rings. The van der Waals surface area contributed by atoms with Gasteiger partial charge in [0.1, 0.15) is 5.84 Å². The van der Waals surface area contributed by atoms with Crippen molar-refractivity contribution >= 4 is 17.6 Å². The molecule has 4 nitrogen and oxygen atoms in total. The van der Waals surface area contributed by atoms with E-state index in [0.717, 1.165) is 18.1 Å². The first-order chi connectivity index (χ1) is 6.61. The molecule has 0 rings (SSSR count). The molecule has 0 radical (unpaired) electrons. The Morgan fingerprint density at radius 1 is 1.64 bits per heavy atom. The van der Waals surface area contributed by atoms with Crippen LogP contribution >= 0.6 is 11.8 Å². The summed E-state index contributed by atoms with van der Waals surface area (Å²) in [5.74, 6) is 2.59. The molecule has 1 unspecified atom stereocenters. The number of thioether (sulfide) groups is 1.